The van der Waals surface area contributed by atoms with Crippen LogP contribution in [0.4, 0.5) is 5.95 Å². The van der Waals surface area contributed by atoms with Gasteiger partial charge in [-0.15, -0.1) is 0 Å². The first kappa shape index (κ1) is 12.1. The molecular formula is C12H23N3. The van der Waals surface area contributed by atoms with Crippen molar-refractivity contribution in [2.75, 3.05) is 11.9 Å². The molecule has 0 radical (unpaired) electrons. The van der Waals surface area contributed by atoms with Crippen LogP contribution in [-0.2, 0) is 6.54 Å². The SMILES string of the molecule is CCC(C)Cn1ccnc1NCC(C)C. The molecule has 1 aromatic heterocycles. The molecule has 0 saturated carbocycles. The van der Waals surface area contributed by atoms with Gasteiger partial charge in [0.05, 0.1) is 0 Å². The monoisotopic (exact) mass is 209 g/mol. The summed E-state index contributed by atoms with van der Waals surface area (Å²) >= 11 is 0. The number of aromatic nitrogens is 2. The Labute approximate surface area is 92.9 Å². The van der Waals surface area contributed by atoms with Crippen molar-refractivity contribution in [3.8, 4) is 0 Å². The van der Waals surface area contributed by atoms with Crippen LogP contribution in [0.2, 0.25) is 0 Å². The molecule has 0 saturated heterocycles. The van der Waals surface area contributed by atoms with Crippen molar-refractivity contribution < 1.29 is 0 Å². The van der Waals surface area contributed by atoms with E-state index in [2.05, 4.69) is 48.8 Å². The van der Waals surface area contributed by atoms with Crippen molar-refractivity contribution in [1.82, 2.24) is 9.55 Å². The smallest absolute Gasteiger partial charge is 0.202 e. The minimum absolute atomic E-state index is 0.652. The predicted octanol–water partition coefficient (Wildman–Crippen LogP) is 3.00. The van der Waals surface area contributed by atoms with E-state index in [1.807, 2.05) is 6.20 Å². The first-order valence-corrected chi connectivity index (χ1v) is 5.88. The van der Waals surface area contributed by atoms with Gasteiger partial charge in [0.1, 0.15) is 0 Å². The van der Waals surface area contributed by atoms with Gasteiger partial charge in [-0.1, -0.05) is 34.1 Å². The second kappa shape index (κ2) is 5.79. The van der Waals surface area contributed by atoms with Crippen LogP contribution in [0.3, 0.4) is 0 Å². The standard InChI is InChI=1S/C12H23N3/c1-5-11(4)9-15-7-6-13-12(15)14-8-10(2)3/h6-7,10-11H,5,8-9H2,1-4H3,(H,13,14). The fourth-order valence-corrected chi connectivity index (χ4v) is 1.38. The molecule has 3 heteroatoms. The molecule has 0 bridgehead atoms. The van der Waals surface area contributed by atoms with E-state index < -0.39 is 0 Å². The van der Waals surface area contributed by atoms with Gasteiger partial charge in [0.25, 0.3) is 0 Å². The van der Waals surface area contributed by atoms with Crippen LogP contribution < -0.4 is 5.32 Å². The Kier molecular flexibility index (Phi) is 4.66. The number of imidazole rings is 1. The van der Waals surface area contributed by atoms with E-state index in [-0.39, 0.29) is 0 Å². The molecule has 0 aliphatic heterocycles. The second-order valence-corrected chi connectivity index (χ2v) is 4.69. The average molecular weight is 209 g/mol. The van der Waals surface area contributed by atoms with Crippen molar-refractivity contribution in [2.24, 2.45) is 11.8 Å². The summed E-state index contributed by atoms with van der Waals surface area (Å²) in [7, 11) is 0. The van der Waals surface area contributed by atoms with Crippen molar-refractivity contribution in [3.63, 3.8) is 0 Å². The first-order valence-electron chi connectivity index (χ1n) is 5.88. The molecule has 1 atom stereocenters. The Morgan fingerprint density at radius 3 is 2.73 bits per heavy atom. The highest BCUT2D eigenvalue weighted by Crippen LogP contribution is 2.11. The third-order valence-corrected chi connectivity index (χ3v) is 2.59. The zero-order valence-corrected chi connectivity index (χ0v) is 10.3. The van der Waals surface area contributed by atoms with E-state index in [1.165, 1.54) is 6.42 Å². The van der Waals surface area contributed by atoms with E-state index in [1.54, 1.807) is 0 Å². The maximum absolute atomic E-state index is 4.33. The molecule has 3 nitrogen and oxygen atoms in total. The van der Waals surface area contributed by atoms with Crippen LogP contribution in [0.5, 0.6) is 0 Å². The summed E-state index contributed by atoms with van der Waals surface area (Å²) in [5, 5.41) is 3.37. The van der Waals surface area contributed by atoms with E-state index >= 15 is 0 Å². The summed E-state index contributed by atoms with van der Waals surface area (Å²) in [5.74, 6) is 2.36. The van der Waals surface area contributed by atoms with Gasteiger partial charge in [0.2, 0.25) is 5.95 Å². The summed E-state index contributed by atoms with van der Waals surface area (Å²) in [4.78, 5) is 4.33. The van der Waals surface area contributed by atoms with Crippen LogP contribution in [0, 0.1) is 11.8 Å². The molecule has 1 rings (SSSR count). The molecule has 0 amide bonds. The minimum Gasteiger partial charge on any atom is -0.355 e. The van der Waals surface area contributed by atoms with Crippen LogP contribution in [0.15, 0.2) is 12.4 Å². The topological polar surface area (TPSA) is 29.9 Å². The van der Waals surface area contributed by atoms with Gasteiger partial charge in [0, 0.05) is 25.5 Å². The number of nitrogens with one attached hydrogen (secondary N) is 1. The molecule has 0 aliphatic carbocycles. The Balaban J connectivity index is 2.53. The molecule has 1 heterocycles. The quantitative estimate of drug-likeness (QED) is 0.780. The van der Waals surface area contributed by atoms with Crippen LogP contribution in [0.25, 0.3) is 0 Å². The van der Waals surface area contributed by atoms with E-state index in [0.717, 1.165) is 19.0 Å². The third-order valence-electron chi connectivity index (χ3n) is 2.59. The second-order valence-electron chi connectivity index (χ2n) is 4.69. The Morgan fingerprint density at radius 1 is 1.40 bits per heavy atom. The maximum atomic E-state index is 4.33. The molecule has 1 N–H and O–H groups in total. The van der Waals surface area contributed by atoms with Crippen molar-refractivity contribution in [3.05, 3.63) is 12.4 Å². The lowest BCUT2D eigenvalue weighted by Gasteiger charge is -2.14. The highest BCUT2D eigenvalue weighted by atomic mass is 15.2. The van der Waals surface area contributed by atoms with Gasteiger partial charge < -0.3 is 9.88 Å². The van der Waals surface area contributed by atoms with Crippen molar-refractivity contribution in [1.29, 1.82) is 0 Å². The Bertz CT molecular complexity index is 278. The lowest BCUT2D eigenvalue weighted by Crippen LogP contribution is -2.14. The minimum atomic E-state index is 0.652. The summed E-state index contributed by atoms with van der Waals surface area (Å²) in [6.07, 6.45) is 5.13. The van der Waals surface area contributed by atoms with Gasteiger partial charge in [-0.2, -0.15) is 0 Å². The van der Waals surface area contributed by atoms with E-state index in [0.29, 0.717) is 11.8 Å². The average Bonchev–Trinajstić information content (AvgIpc) is 2.62. The van der Waals surface area contributed by atoms with E-state index in [4.69, 9.17) is 0 Å². The predicted molar refractivity (Wildman–Crippen MR) is 65.0 cm³/mol. The number of nitrogens with zero attached hydrogens (tertiary/aromatic N) is 2. The molecule has 1 aromatic rings. The van der Waals surface area contributed by atoms with Crippen molar-refractivity contribution >= 4 is 5.95 Å². The van der Waals surface area contributed by atoms with Gasteiger partial charge in [0.15, 0.2) is 0 Å². The Hall–Kier alpha value is -0.990. The van der Waals surface area contributed by atoms with Gasteiger partial charge in [-0.3, -0.25) is 0 Å². The molecule has 0 aromatic carbocycles. The molecule has 86 valence electrons. The summed E-state index contributed by atoms with van der Waals surface area (Å²) < 4.78 is 2.20. The molecule has 0 spiro atoms. The highest BCUT2D eigenvalue weighted by molar-refractivity contribution is 5.25. The zero-order valence-electron chi connectivity index (χ0n) is 10.3. The molecule has 0 aliphatic rings. The highest BCUT2D eigenvalue weighted by Gasteiger charge is 2.05. The fourth-order valence-electron chi connectivity index (χ4n) is 1.38. The lowest BCUT2D eigenvalue weighted by molar-refractivity contribution is 0.470. The first-order chi connectivity index (χ1) is 7.13. The van der Waals surface area contributed by atoms with Gasteiger partial charge >= 0.3 is 0 Å². The van der Waals surface area contributed by atoms with Crippen LogP contribution in [-0.4, -0.2) is 16.1 Å². The molecule has 0 fully saturated rings. The van der Waals surface area contributed by atoms with Gasteiger partial charge in [-0.05, 0) is 11.8 Å². The summed E-state index contributed by atoms with van der Waals surface area (Å²) in [6, 6.07) is 0. The number of anilines is 1. The normalized spacial score (nSPS) is 13.1. The summed E-state index contributed by atoms with van der Waals surface area (Å²) in [5.41, 5.74) is 0. The number of hydrogen-bond acceptors (Lipinski definition) is 2. The van der Waals surface area contributed by atoms with E-state index in [9.17, 15) is 0 Å². The molecule has 1 unspecified atom stereocenters. The Morgan fingerprint density at radius 2 is 2.13 bits per heavy atom. The maximum Gasteiger partial charge on any atom is 0.202 e. The lowest BCUT2D eigenvalue weighted by atomic mass is 10.1. The van der Waals surface area contributed by atoms with Crippen LogP contribution >= 0.6 is 0 Å². The van der Waals surface area contributed by atoms with Crippen LogP contribution in [0.1, 0.15) is 34.1 Å². The fraction of sp³-hybridized carbons (Fsp3) is 0.750. The summed E-state index contributed by atoms with van der Waals surface area (Å²) in [6.45, 7) is 10.9. The van der Waals surface area contributed by atoms with Crippen molar-refractivity contribution in [2.45, 2.75) is 40.7 Å². The number of hydrogen-bond donors (Lipinski definition) is 1. The zero-order chi connectivity index (χ0) is 11.3. The molecular weight excluding hydrogens is 186 g/mol. The molecule has 15 heavy (non-hydrogen) atoms. The third kappa shape index (κ3) is 3.94. The number of rotatable bonds is 6. The largest absolute Gasteiger partial charge is 0.355 e. The van der Waals surface area contributed by atoms with Gasteiger partial charge in [-0.25, -0.2) is 4.98 Å².